The number of nitrogens with zero attached hydrogens (tertiary/aromatic N) is 2. The van der Waals surface area contributed by atoms with Crippen LogP contribution in [0.15, 0.2) is 18.2 Å². The summed E-state index contributed by atoms with van der Waals surface area (Å²) in [5, 5.41) is 3.12. The Morgan fingerprint density at radius 2 is 1.63 bits per heavy atom. The molecule has 7 nitrogen and oxygen atoms in total. The van der Waals surface area contributed by atoms with Crippen molar-refractivity contribution in [2.75, 3.05) is 39.4 Å². The van der Waals surface area contributed by atoms with Crippen molar-refractivity contribution in [3.8, 4) is 11.5 Å². The highest BCUT2D eigenvalue weighted by Gasteiger charge is 2.26. The Balaban J connectivity index is 1.26. The molecule has 2 aliphatic heterocycles. The first-order valence-corrected chi connectivity index (χ1v) is 9.91. The fourth-order valence-corrected chi connectivity index (χ4v) is 3.98. The van der Waals surface area contributed by atoms with Gasteiger partial charge < -0.3 is 24.6 Å². The van der Waals surface area contributed by atoms with Crippen molar-refractivity contribution in [3.63, 3.8) is 0 Å². The lowest BCUT2D eigenvalue weighted by Crippen LogP contribution is -2.54. The third-order valence-corrected chi connectivity index (χ3v) is 5.56. The van der Waals surface area contributed by atoms with Gasteiger partial charge in [0.25, 0.3) is 0 Å². The fraction of sp³-hybridized carbons (Fsp3) is 0.600. The van der Waals surface area contributed by atoms with E-state index >= 15 is 0 Å². The van der Waals surface area contributed by atoms with Gasteiger partial charge in [0.05, 0.1) is 6.42 Å². The van der Waals surface area contributed by atoms with Crippen molar-refractivity contribution in [1.82, 2.24) is 15.1 Å². The highest BCUT2D eigenvalue weighted by molar-refractivity contribution is 5.80. The summed E-state index contributed by atoms with van der Waals surface area (Å²) >= 11 is 0. The molecular weight excluding hydrogens is 346 g/mol. The average molecular weight is 373 g/mol. The number of urea groups is 1. The van der Waals surface area contributed by atoms with Gasteiger partial charge in [-0.1, -0.05) is 18.9 Å². The van der Waals surface area contributed by atoms with Crippen molar-refractivity contribution in [2.24, 2.45) is 0 Å². The molecule has 4 rings (SSSR count). The molecule has 1 saturated carbocycles. The van der Waals surface area contributed by atoms with Crippen LogP contribution in [0.25, 0.3) is 0 Å². The molecule has 3 aliphatic rings. The molecule has 0 radical (unpaired) electrons. The Morgan fingerprint density at radius 3 is 2.37 bits per heavy atom. The van der Waals surface area contributed by atoms with E-state index in [-0.39, 0.29) is 11.9 Å². The summed E-state index contributed by atoms with van der Waals surface area (Å²) in [6, 6.07) is 6.00. The first-order valence-electron chi connectivity index (χ1n) is 9.91. The van der Waals surface area contributed by atoms with Crippen molar-refractivity contribution < 1.29 is 19.1 Å². The van der Waals surface area contributed by atoms with Gasteiger partial charge in [-0.25, -0.2) is 4.79 Å². The number of fused-ring (bicyclic) bond motifs is 1. The largest absolute Gasteiger partial charge is 0.486 e. The van der Waals surface area contributed by atoms with Gasteiger partial charge in [0, 0.05) is 32.2 Å². The van der Waals surface area contributed by atoms with Crippen LogP contribution in [0.5, 0.6) is 11.5 Å². The topological polar surface area (TPSA) is 71.1 Å². The van der Waals surface area contributed by atoms with Crippen LogP contribution in [0.4, 0.5) is 4.79 Å². The summed E-state index contributed by atoms with van der Waals surface area (Å²) in [7, 11) is 0. The van der Waals surface area contributed by atoms with Crippen molar-refractivity contribution in [1.29, 1.82) is 0 Å². The highest BCUT2D eigenvalue weighted by Crippen LogP contribution is 2.31. The Morgan fingerprint density at radius 1 is 0.963 bits per heavy atom. The number of hydrogen-bond acceptors (Lipinski definition) is 4. The first kappa shape index (κ1) is 17.9. The number of carbonyl (C=O) groups is 2. The monoisotopic (exact) mass is 373 g/mol. The second kappa shape index (κ2) is 8.06. The van der Waals surface area contributed by atoms with Gasteiger partial charge in [-0.15, -0.1) is 0 Å². The molecule has 7 heteroatoms. The van der Waals surface area contributed by atoms with E-state index < -0.39 is 0 Å². The Labute approximate surface area is 159 Å². The van der Waals surface area contributed by atoms with Crippen LogP contribution in [0.2, 0.25) is 0 Å². The number of amides is 3. The summed E-state index contributed by atoms with van der Waals surface area (Å²) < 4.78 is 11.1. The lowest BCUT2D eigenvalue weighted by molar-refractivity contribution is -0.131. The number of nitrogens with one attached hydrogen (secondary N) is 1. The molecule has 27 heavy (non-hydrogen) atoms. The van der Waals surface area contributed by atoms with Crippen LogP contribution in [-0.4, -0.2) is 67.2 Å². The van der Waals surface area contributed by atoms with Crippen LogP contribution in [0.3, 0.4) is 0 Å². The number of rotatable bonds is 3. The maximum atomic E-state index is 12.6. The molecule has 0 aromatic heterocycles. The maximum Gasteiger partial charge on any atom is 0.317 e. The molecule has 0 spiro atoms. The zero-order valence-corrected chi connectivity index (χ0v) is 15.6. The van der Waals surface area contributed by atoms with Gasteiger partial charge >= 0.3 is 6.03 Å². The average Bonchev–Trinajstić information content (AvgIpc) is 3.21. The number of benzene rings is 1. The number of ether oxygens (including phenoxy) is 2. The minimum Gasteiger partial charge on any atom is -0.486 e. The quantitative estimate of drug-likeness (QED) is 0.877. The summed E-state index contributed by atoms with van der Waals surface area (Å²) in [6.07, 6.45) is 4.91. The van der Waals surface area contributed by atoms with Crippen molar-refractivity contribution >= 4 is 11.9 Å². The standard InChI is InChI=1S/C20H27N3O4/c24-19(14-15-5-6-17-18(13-15)27-12-11-26-17)22-7-9-23(10-8-22)20(25)21-16-3-1-2-4-16/h5-6,13,16H,1-4,7-12,14H2,(H,21,25). The molecule has 1 saturated heterocycles. The lowest BCUT2D eigenvalue weighted by Gasteiger charge is -2.35. The van der Waals surface area contributed by atoms with E-state index in [1.165, 1.54) is 12.8 Å². The van der Waals surface area contributed by atoms with Gasteiger partial charge in [-0.3, -0.25) is 4.79 Å². The summed E-state index contributed by atoms with van der Waals surface area (Å²) in [4.78, 5) is 28.6. The van der Waals surface area contributed by atoms with Gasteiger partial charge in [0.2, 0.25) is 5.91 Å². The molecule has 0 atom stereocenters. The molecular formula is C20H27N3O4. The molecule has 1 aromatic carbocycles. The van der Waals surface area contributed by atoms with Gasteiger partial charge in [0.1, 0.15) is 13.2 Å². The summed E-state index contributed by atoms with van der Waals surface area (Å²) in [5.74, 6) is 1.53. The van der Waals surface area contributed by atoms with Crippen LogP contribution < -0.4 is 14.8 Å². The smallest absolute Gasteiger partial charge is 0.317 e. The zero-order chi connectivity index (χ0) is 18.6. The SMILES string of the molecule is O=C(Cc1ccc2c(c1)OCCO2)N1CCN(C(=O)NC2CCCC2)CC1. The van der Waals surface area contributed by atoms with Crippen LogP contribution in [0.1, 0.15) is 31.2 Å². The molecule has 2 fully saturated rings. The van der Waals surface area contributed by atoms with Crippen LogP contribution in [-0.2, 0) is 11.2 Å². The predicted molar refractivity (Wildman–Crippen MR) is 100 cm³/mol. The number of hydrogen-bond donors (Lipinski definition) is 1. The second-order valence-electron chi connectivity index (χ2n) is 7.45. The van der Waals surface area contributed by atoms with E-state index in [9.17, 15) is 9.59 Å². The predicted octanol–water partition coefficient (Wildman–Crippen LogP) is 1.80. The molecule has 1 aliphatic carbocycles. The Hall–Kier alpha value is -2.44. The summed E-state index contributed by atoms with van der Waals surface area (Å²) in [5.41, 5.74) is 0.922. The molecule has 1 aromatic rings. The highest BCUT2D eigenvalue weighted by atomic mass is 16.6. The third kappa shape index (κ3) is 4.28. The van der Waals surface area contributed by atoms with Crippen molar-refractivity contribution in [3.05, 3.63) is 23.8 Å². The van der Waals surface area contributed by atoms with Gasteiger partial charge in [0.15, 0.2) is 11.5 Å². The van der Waals surface area contributed by atoms with E-state index in [1.807, 2.05) is 28.0 Å². The van der Waals surface area contributed by atoms with Crippen molar-refractivity contribution in [2.45, 2.75) is 38.1 Å². The minimum atomic E-state index is 0.0147. The molecule has 3 amide bonds. The zero-order valence-electron chi connectivity index (χ0n) is 15.6. The third-order valence-electron chi connectivity index (χ3n) is 5.56. The van der Waals surface area contributed by atoms with Gasteiger partial charge in [-0.2, -0.15) is 0 Å². The maximum absolute atomic E-state index is 12.6. The van der Waals surface area contributed by atoms with E-state index in [2.05, 4.69) is 5.32 Å². The first-order chi connectivity index (χ1) is 13.2. The number of piperazine rings is 1. The fourth-order valence-electron chi connectivity index (χ4n) is 3.98. The number of carbonyl (C=O) groups excluding carboxylic acids is 2. The van der Waals surface area contributed by atoms with E-state index in [4.69, 9.17) is 9.47 Å². The van der Waals surface area contributed by atoms with Gasteiger partial charge in [-0.05, 0) is 30.5 Å². The van der Waals surface area contributed by atoms with E-state index in [0.29, 0.717) is 57.6 Å². The van der Waals surface area contributed by atoms with Crippen LogP contribution >= 0.6 is 0 Å². The second-order valence-corrected chi connectivity index (χ2v) is 7.45. The van der Waals surface area contributed by atoms with Crippen LogP contribution in [0, 0.1) is 0 Å². The van der Waals surface area contributed by atoms with E-state index in [1.54, 1.807) is 0 Å². The summed E-state index contributed by atoms with van der Waals surface area (Å²) in [6.45, 7) is 3.44. The Bertz CT molecular complexity index is 694. The molecule has 0 unspecified atom stereocenters. The molecule has 146 valence electrons. The molecule has 0 bridgehead atoms. The normalized spacial score (nSPS) is 19.9. The minimum absolute atomic E-state index is 0.0147. The Kier molecular flexibility index (Phi) is 5.36. The molecule has 2 heterocycles. The molecule has 1 N–H and O–H groups in total. The van der Waals surface area contributed by atoms with E-state index in [0.717, 1.165) is 24.2 Å². The lowest BCUT2D eigenvalue weighted by atomic mass is 10.1.